The zero-order valence-corrected chi connectivity index (χ0v) is 32.0. The predicted octanol–water partition coefficient (Wildman–Crippen LogP) is 14.5. The lowest BCUT2D eigenvalue weighted by atomic mass is 9.98. The van der Waals surface area contributed by atoms with E-state index in [1.54, 1.807) is 0 Å². The molecule has 0 spiro atoms. The van der Waals surface area contributed by atoms with Crippen LogP contribution in [0.1, 0.15) is 0 Å². The molecule has 2 heterocycles. The van der Waals surface area contributed by atoms with Crippen LogP contribution in [0.3, 0.4) is 0 Å². The topological polar surface area (TPSA) is 47.1 Å². The van der Waals surface area contributed by atoms with Gasteiger partial charge in [0.1, 0.15) is 0 Å². The van der Waals surface area contributed by atoms with Crippen LogP contribution in [0, 0.1) is 0 Å². The maximum absolute atomic E-state index is 6.05. The van der Waals surface area contributed by atoms with Crippen molar-refractivity contribution in [3.05, 3.63) is 218 Å². The van der Waals surface area contributed by atoms with E-state index in [9.17, 15) is 0 Å². The molecule has 278 valence electrons. The fourth-order valence-electron chi connectivity index (χ4n) is 8.32. The second-order valence-corrected chi connectivity index (χ2v) is 14.7. The number of rotatable bonds is 8. The third-order valence-electron chi connectivity index (χ3n) is 11.2. The monoisotopic (exact) mass is 756 g/mol. The zero-order chi connectivity index (χ0) is 39.1. The maximum Gasteiger partial charge on any atom is 0.248 e. The van der Waals surface area contributed by atoms with Gasteiger partial charge >= 0.3 is 0 Å². The van der Waals surface area contributed by atoms with Gasteiger partial charge in [-0.2, -0.15) is 0 Å². The average Bonchev–Trinajstić information content (AvgIpc) is 3.94. The fourth-order valence-corrected chi connectivity index (χ4v) is 8.32. The van der Waals surface area contributed by atoms with E-state index >= 15 is 0 Å². The second-order valence-electron chi connectivity index (χ2n) is 14.7. The quantitative estimate of drug-likeness (QED) is 0.155. The molecule has 59 heavy (non-hydrogen) atoms. The van der Waals surface area contributed by atoms with Crippen molar-refractivity contribution in [3.63, 3.8) is 0 Å². The Morgan fingerprint density at radius 2 is 0.881 bits per heavy atom. The van der Waals surface area contributed by atoms with E-state index in [0.29, 0.717) is 11.8 Å². The van der Waals surface area contributed by atoms with Crippen LogP contribution in [-0.2, 0) is 0 Å². The molecule has 0 aliphatic carbocycles. The summed E-state index contributed by atoms with van der Waals surface area (Å²) in [5.74, 6) is 0.990. The molecule has 0 aliphatic heterocycles. The van der Waals surface area contributed by atoms with Crippen LogP contribution < -0.4 is 4.90 Å². The molecule has 0 radical (unpaired) electrons. The molecule has 0 saturated heterocycles. The summed E-state index contributed by atoms with van der Waals surface area (Å²) in [5.41, 5.74) is 13.2. The van der Waals surface area contributed by atoms with Crippen molar-refractivity contribution in [1.82, 2.24) is 14.8 Å². The van der Waals surface area contributed by atoms with E-state index in [-0.39, 0.29) is 0 Å². The van der Waals surface area contributed by atoms with E-state index in [0.717, 1.165) is 39.4 Å². The number of hydrogen-bond donors (Lipinski definition) is 0. The van der Waals surface area contributed by atoms with Gasteiger partial charge in [0, 0.05) is 44.6 Å². The number of fused-ring (bicyclic) bond motifs is 4. The standard InChI is InChI=1S/C54H36N4O/c1-3-13-40(14-4-1)53-55-56-54(59-53)41-26-33-45(34-27-41)57(43-16-5-2-6-17-43)44-29-22-37(23-30-44)42-28-35-52-50(36-42)49-19-9-10-21-51(49)58(52)46-31-24-39(25-32-46)48-20-11-15-38-12-7-8-18-47(38)48/h1-36H. The number of hydrogen-bond acceptors (Lipinski definition) is 4. The highest BCUT2D eigenvalue weighted by Crippen LogP contribution is 2.39. The highest BCUT2D eigenvalue weighted by molar-refractivity contribution is 6.10. The summed E-state index contributed by atoms with van der Waals surface area (Å²) < 4.78 is 8.43. The normalized spacial score (nSPS) is 11.4. The SMILES string of the molecule is c1ccc(-c2nnc(-c3ccc(N(c4ccccc4)c4ccc(-c5ccc6c(c5)c5ccccc5n6-c5ccc(-c6cccc7ccccc67)cc5)cc4)cc3)o2)cc1. The largest absolute Gasteiger partial charge is 0.416 e. The highest BCUT2D eigenvalue weighted by Gasteiger charge is 2.17. The Hall–Kier alpha value is -8.02. The molecule has 0 fully saturated rings. The number of nitrogens with zero attached hydrogens (tertiary/aromatic N) is 4. The molecule has 5 nitrogen and oxygen atoms in total. The van der Waals surface area contributed by atoms with Gasteiger partial charge in [-0.15, -0.1) is 10.2 Å². The molecule has 9 aromatic carbocycles. The Balaban J connectivity index is 0.913. The molecule has 11 aromatic rings. The smallest absolute Gasteiger partial charge is 0.248 e. The van der Waals surface area contributed by atoms with Gasteiger partial charge in [0.25, 0.3) is 0 Å². The molecular weight excluding hydrogens is 721 g/mol. The van der Waals surface area contributed by atoms with Gasteiger partial charge in [-0.25, -0.2) is 0 Å². The Bertz CT molecular complexity index is 3240. The number of anilines is 3. The first kappa shape index (κ1) is 34.2. The average molecular weight is 757 g/mol. The molecule has 0 aliphatic rings. The van der Waals surface area contributed by atoms with Crippen molar-refractivity contribution in [2.75, 3.05) is 4.90 Å². The van der Waals surface area contributed by atoms with Gasteiger partial charge in [0.05, 0.1) is 11.0 Å². The van der Waals surface area contributed by atoms with Gasteiger partial charge in [-0.05, 0) is 124 Å². The van der Waals surface area contributed by atoms with Crippen molar-refractivity contribution in [2.45, 2.75) is 0 Å². The minimum Gasteiger partial charge on any atom is -0.416 e. The molecule has 0 unspecified atom stereocenters. The van der Waals surface area contributed by atoms with Crippen LogP contribution in [-0.4, -0.2) is 14.8 Å². The zero-order valence-electron chi connectivity index (χ0n) is 32.0. The first-order valence-corrected chi connectivity index (χ1v) is 19.8. The Morgan fingerprint density at radius 1 is 0.356 bits per heavy atom. The van der Waals surface area contributed by atoms with Crippen LogP contribution >= 0.6 is 0 Å². The summed E-state index contributed by atoms with van der Waals surface area (Å²) >= 11 is 0. The van der Waals surface area contributed by atoms with Gasteiger partial charge < -0.3 is 13.9 Å². The van der Waals surface area contributed by atoms with Gasteiger partial charge in [0.15, 0.2) is 0 Å². The lowest BCUT2D eigenvalue weighted by Crippen LogP contribution is -2.09. The summed E-state index contributed by atoms with van der Waals surface area (Å²) in [4.78, 5) is 2.26. The minimum atomic E-state index is 0.487. The van der Waals surface area contributed by atoms with Crippen molar-refractivity contribution in [2.24, 2.45) is 0 Å². The fraction of sp³-hybridized carbons (Fsp3) is 0. The lowest BCUT2D eigenvalue weighted by Gasteiger charge is -2.25. The van der Waals surface area contributed by atoms with E-state index < -0.39 is 0 Å². The van der Waals surface area contributed by atoms with Crippen LogP contribution in [0.4, 0.5) is 17.1 Å². The molecule has 0 saturated carbocycles. The third-order valence-corrected chi connectivity index (χ3v) is 11.2. The highest BCUT2D eigenvalue weighted by atomic mass is 16.4. The first-order valence-electron chi connectivity index (χ1n) is 19.8. The molecule has 0 atom stereocenters. The second kappa shape index (κ2) is 14.5. The van der Waals surface area contributed by atoms with Gasteiger partial charge in [-0.1, -0.05) is 127 Å². The van der Waals surface area contributed by atoms with Crippen molar-refractivity contribution in [1.29, 1.82) is 0 Å². The van der Waals surface area contributed by atoms with Crippen LogP contribution in [0.25, 0.3) is 83.4 Å². The summed E-state index contributed by atoms with van der Waals surface area (Å²) in [7, 11) is 0. The van der Waals surface area contributed by atoms with Crippen LogP contribution in [0.15, 0.2) is 223 Å². The van der Waals surface area contributed by atoms with E-state index in [4.69, 9.17) is 4.42 Å². The van der Waals surface area contributed by atoms with Crippen molar-refractivity contribution >= 4 is 49.6 Å². The Labute approximate surface area is 341 Å². The summed E-state index contributed by atoms with van der Waals surface area (Å²) in [6, 6.07) is 77.0. The number of aromatic nitrogens is 3. The third kappa shape index (κ3) is 6.22. The Kier molecular flexibility index (Phi) is 8.41. The first-order chi connectivity index (χ1) is 29.2. The molecule has 2 aromatic heterocycles. The van der Waals surface area contributed by atoms with Crippen LogP contribution in [0.2, 0.25) is 0 Å². The maximum atomic E-state index is 6.05. The Morgan fingerprint density at radius 3 is 1.61 bits per heavy atom. The molecule has 0 amide bonds. The predicted molar refractivity (Wildman–Crippen MR) is 243 cm³/mol. The van der Waals surface area contributed by atoms with E-state index in [2.05, 4.69) is 190 Å². The van der Waals surface area contributed by atoms with E-state index in [1.807, 2.05) is 48.5 Å². The molecule has 0 N–H and O–H groups in total. The molecule has 5 heteroatoms. The van der Waals surface area contributed by atoms with Crippen molar-refractivity contribution < 1.29 is 4.42 Å². The van der Waals surface area contributed by atoms with Crippen LogP contribution in [0.5, 0.6) is 0 Å². The van der Waals surface area contributed by atoms with E-state index in [1.165, 1.54) is 49.3 Å². The number of benzene rings is 9. The van der Waals surface area contributed by atoms with Gasteiger partial charge in [-0.3, -0.25) is 0 Å². The molecule has 0 bridgehead atoms. The summed E-state index contributed by atoms with van der Waals surface area (Å²) in [6.07, 6.45) is 0. The minimum absolute atomic E-state index is 0.487. The molecular formula is C54H36N4O. The summed E-state index contributed by atoms with van der Waals surface area (Å²) in [5, 5.41) is 13.6. The molecule has 11 rings (SSSR count). The lowest BCUT2D eigenvalue weighted by molar-refractivity contribution is 0.584. The number of para-hydroxylation sites is 2. The van der Waals surface area contributed by atoms with Gasteiger partial charge in [0.2, 0.25) is 11.8 Å². The van der Waals surface area contributed by atoms with Crippen molar-refractivity contribution in [3.8, 4) is 50.8 Å². The summed E-state index contributed by atoms with van der Waals surface area (Å²) in [6.45, 7) is 0.